The van der Waals surface area contributed by atoms with Crippen LogP contribution in [0.5, 0.6) is 0 Å². The quantitative estimate of drug-likeness (QED) is 0.279. The molecule has 0 spiro atoms. The van der Waals surface area contributed by atoms with Crippen molar-refractivity contribution in [2.75, 3.05) is 17.6 Å². The Bertz CT molecular complexity index is 1380. The number of halogens is 3. The highest BCUT2D eigenvalue weighted by atomic mass is 32.2. The number of hydrogen-bond donors (Lipinski definition) is 2. The van der Waals surface area contributed by atoms with Gasteiger partial charge in [0.05, 0.1) is 18.8 Å². The van der Waals surface area contributed by atoms with Gasteiger partial charge in [-0.15, -0.1) is 0 Å². The Hall–Kier alpha value is -3.52. The van der Waals surface area contributed by atoms with Crippen molar-refractivity contribution in [3.63, 3.8) is 0 Å². The molecule has 0 aliphatic carbocycles. The highest BCUT2D eigenvalue weighted by molar-refractivity contribution is 7.99. The summed E-state index contributed by atoms with van der Waals surface area (Å²) in [6.45, 7) is -0.205. The summed E-state index contributed by atoms with van der Waals surface area (Å²) in [5.74, 6) is -2.15. The van der Waals surface area contributed by atoms with Gasteiger partial charge in [-0.3, -0.25) is 9.59 Å². The van der Waals surface area contributed by atoms with E-state index in [4.69, 9.17) is 9.47 Å². The van der Waals surface area contributed by atoms with Gasteiger partial charge in [0.2, 0.25) is 5.91 Å². The summed E-state index contributed by atoms with van der Waals surface area (Å²) in [6.07, 6.45) is -2.12. The van der Waals surface area contributed by atoms with E-state index in [1.165, 1.54) is 11.8 Å². The molecule has 9 nitrogen and oxygen atoms in total. The van der Waals surface area contributed by atoms with Gasteiger partial charge in [0.1, 0.15) is 6.04 Å². The fraction of sp³-hybridized carbons (Fsp3) is 0.379. The Morgan fingerprint density at radius 2 is 1.81 bits per heavy atom. The first kappa shape index (κ1) is 30.0. The van der Waals surface area contributed by atoms with Gasteiger partial charge in [-0.25, -0.2) is 9.97 Å². The van der Waals surface area contributed by atoms with Crippen molar-refractivity contribution in [3.8, 4) is 0 Å². The molecule has 2 saturated heterocycles. The maximum absolute atomic E-state index is 13.0. The molecule has 5 rings (SSSR count). The number of amides is 2. The van der Waals surface area contributed by atoms with Gasteiger partial charge in [-0.05, 0) is 42.2 Å². The van der Waals surface area contributed by atoms with E-state index >= 15 is 0 Å². The van der Waals surface area contributed by atoms with Crippen LogP contribution < -0.4 is 5.32 Å². The highest BCUT2D eigenvalue weighted by Gasteiger charge is 2.47. The molecule has 3 aromatic rings. The molecule has 0 saturated carbocycles. The molecule has 2 aliphatic heterocycles. The van der Waals surface area contributed by atoms with Gasteiger partial charge in [0, 0.05) is 42.4 Å². The van der Waals surface area contributed by atoms with E-state index in [1.807, 2.05) is 24.3 Å². The smallest absolute Gasteiger partial charge is 0.392 e. The first-order valence-corrected chi connectivity index (χ1v) is 14.4. The number of anilines is 1. The molecular weight excluding hydrogens is 573 g/mol. The monoisotopic (exact) mass is 602 g/mol. The summed E-state index contributed by atoms with van der Waals surface area (Å²) in [6, 6.07) is 14.7. The van der Waals surface area contributed by atoms with E-state index < -0.39 is 30.3 Å². The maximum Gasteiger partial charge on any atom is 0.471 e. The Morgan fingerprint density at radius 3 is 2.52 bits per heavy atom. The number of aliphatic hydroxyl groups is 1. The van der Waals surface area contributed by atoms with Crippen LogP contribution >= 0.6 is 11.8 Å². The molecule has 3 heterocycles. The van der Waals surface area contributed by atoms with E-state index in [2.05, 4.69) is 15.3 Å². The zero-order valence-electron chi connectivity index (χ0n) is 22.4. The third kappa shape index (κ3) is 7.27. The average molecular weight is 603 g/mol. The van der Waals surface area contributed by atoms with Crippen LogP contribution in [0.25, 0.3) is 0 Å². The molecule has 2 aliphatic rings. The van der Waals surface area contributed by atoms with Gasteiger partial charge in [0.15, 0.2) is 11.4 Å². The van der Waals surface area contributed by atoms with Crippen molar-refractivity contribution in [2.24, 2.45) is 0 Å². The standard InChI is InChI=1S/C29H29F3N4O5S/c30-29(31,32)27(39)36-13-2-6-23(36)25(38)35-21-5-1-4-20(14-21)26-40-22(17-42-28-33-11-3-12-34-28)15-24(41-26)19-9-7-18(16-37)8-10-19/h1,3-5,7-12,14,22-24,26,37H,2,6,13,15-17H2,(H,35,38)/t22-,23-,24+,26+/m0/s1. The summed E-state index contributed by atoms with van der Waals surface area (Å²) in [5.41, 5.74) is 2.63. The zero-order chi connectivity index (χ0) is 29.7. The SMILES string of the molecule is O=C(Nc1cccc([C@@H]2O[C@H](CSc3ncccn3)C[C@H](c3ccc(CO)cc3)O2)c1)[C@@H]1CCCN1C(=O)C(F)(F)F. The molecule has 0 unspecified atom stereocenters. The summed E-state index contributed by atoms with van der Waals surface area (Å²) in [5, 5.41) is 12.7. The van der Waals surface area contributed by atoms with Crippen molar-refractivity contribution >= 4 is 29.3 Å². The third-order valence-electron chi connectivity index (χ3n) is 7.04. The number of hydrogen-bond acceptors (Lipinski definition) is 8. The number of aliphatic hydroxyl groups excluding tert-OH is 1. The number of nitrogens with one attached hydrogen (secondary N) is 1. The topological polar surface area (TPSA) is 114 Å². The minimum absolute atomic E-state index is 0.0740. The number of nitrogens with zero attached hydrogens (tertiary/aromatic N) is 3. The van der Waals surface area contributed by atoms with Gasteiger partial charge < -0.3 is 24.8 Å². The van der Waals surface area contributed by atoms with E-state index in [9.17, 15) is 27.9 Å². The average Bonchev–Trinajstić information content (AvgIpc) is 3.50. The number of thioether (sulfide) groups is 1. The van der Waals surface area contributed by atoms with Crippen molar-refractivity contribution in [2.45, 2.75) is 61.7 Å². The molecular formula is C29H29F3N4O5S. The Labute approximate surface area is 244 Å². The largest absolute Gasteiger partial charge is 0.471 e. The fourth-order valence-corrected chi connectivity index (χ4v) is 5.80. The number of carbonyl (C=O) groups is 2. The Balaban J connectivity index is 1.32. The van der Waals surface area contributed by atoms with Crippen molar-refractivity contribution in [1.82, 2.24) is 14.9 Å². The molecule has 4 atom stereocenters. The number of benzene rings is 2. The lowest BCUT2D eigenvalue weighted by atomic mass is 10.0. The number of ether oxygens (including phenoxy) is 2. The number of alkyl halides is 3. The fourth-order valence-electron chi connectivity index (χ4n) is 4.98. The minimum atomic E-state index is -5.05. The van der Waals surface area contributed by atoms with Crippen LogP contribution in [-0.2, 0) is 25.7 Å². The van der Waals surface area contributed by atoms with E-state index in [0.717, 1.165) is 11.1 Å². The summed E-state index contributed by atoms with van der Waals surface area (Å²) in [4.78, 5) is 33.8. The van der Waals surface area contributed by atoms with Crippen molar-refractivity contribution < 1.29 is 37.3 Å². The van der Waals surface area contributed by atoms with Crippen LogP contribution in [0.4, 0.5) is 18.9 Å². The molecule has 2 fully saturated rings. The second-order valence-corrected chi connectivity index (χ2v) is 10.9. The molecule has 2 aromatic carbocycles. The predicted molar refractivity (Wildman–Crippen MR) is 147 cm³/mol. The molecule has 13 heteroatoms. The Morgan fingerprint density at radius 1 is 1.05 bits per heavy atom. The molecule has 222 valence electrons. The first-order chi connectivity index (χ1) is 20.2. The molecule has 42 heavy (non-hydrogen) atoms. The predicted octanol–water partition coefficient (Wildman–Crippen LogP) is 4.80. The number of rotatable bonds is 8. The first-order valence-electron chi connectivity index (χ1n) is 13.4. The normalized spacial score (nSPS) is 22.6. The zero-order valence-corrected chi connectivity index (χ0v) is 23.2. The molecule has 0 radical (unpaired) electrons. The van der Waals surface area contributed by atoms with Gasteiger partial charge in [-0.2, -0.15) is 13.2 Å². The van der Waals surface area contributed by atoms with Crippen LogP contribution in [0.1, 0.15) is 48.3 Å². The second kappa shape index (κ2) is 13.2. The number of carbonyl (C=O) groups excluding carboxylic acids is 2. The highest BCUT2D eigenvalue weighted by Crippen LogP contribution is 2.39. The molecule has 1 aromatic heterocycles. The van der Waals surface area contributed by atoms with Gasteiger partial charge in [0.25, 0.3) is 0 Å². The van der Waals surface area contributed by atoms with Crippen LogP contribution in [0.15, 0.2) is 72.1 Å². The lowest BCUT2D eigenvalue weighted by Crippen LogP contribution is -2.48. The molecule has 0 bridgehead atoms. The van der Waals surface area contributed by atoms with Gasteiger partial charge >= 0.3 is 12.1 Å². The Kier molecular flexibility index (Phi) is 9.41. The van der Waals surface area contributed by atoms with Crippen LogP contribution in [0.3, 0.4) is 0 Å². The summed E-state index contributed by atoms with van der Waals surface area (Å²) in [7, 11) is 0. The number of likely N-dealkylation sites (tertiary alicyclic amines) is 1. The van der Waals surface area contributed by atoms with Crippen LogP contribution in [0, 0.1) is 0 Å². The summed E-state index contributed by atoms with van der Waals surface area (Å²) < 4.78 is 51.7. The van der Waals surface area contributed by atoms with Crippen molar-refractivity contribution in [3.05, 3.63) is 83.7 Å². The molecule has 2 amide bonds. The van der Waals surface area contributed by atoms with E-state index in [1.54, 1.807) is 42.7 Å². The maximum atomic E-state index is 13.0. The minimum Gasteiger partial charge on any atom is -0.392 e. The van der Waals surface area contributed by atoms with E-state index in [-0.39, 0.29) is 31.8 Å². The number of aromatic nitrogens is 2. The van der Waals surface area contributed by atoms with Crippen LogP contribution in [-0.4, -0.2) is 62.4 Å². The lowest BCUT2D eigenvalue weighted by Gasteiger charge is -2.36. The van der Waals surface area contributed by atoms with E-state index in [0.29, 0.717) is 39.9 Å². The summed E-state index contributed by atoms with van der Waals surface area (Å²) >= 11 is 1.45. The second-order valence-electron chi connectivity index (χ2n) is 9.96. The molecule has 2 N–H and O–H groups in total. The third-order valence-corrected chi connectivity index (χ3v) is 8.05. The van der Waals surface area contributed by atoms with Crippen molar-refractivity contribution in [1.29, 1.82) is 0 Å². The van der Waals surface area contributed by atoms with Gasteiger partial charge in [-0.1, -0.05) is 48.2 Å². The lowest BCUT2D eigenvalue weighted by molar-refractivity contribution is -0.245. The van der Waals surface area contributed by atoms with Crippen LogP contribution in [0.2, 0.25) is 0 Å².